The van der Waals surface area contributed by atoms with Gasteiger partial charge in [0.05, 0.1) is 13.2 Å². The molecule has 0 spiro atoms. The third-order valence-corrected chi connectivity index (χ3v) is 1.40. The van der Waals surface area contributed by atoms with Crippen molar-refractivity contribution in [3.8, 4) is 11.8 Å². The Kier molecular flexibility index (Phi) is 16.3. The van der Waals surface area contributed by atoms with Crippen LogP contribution in [0.5, 0.6) is 0 Å². The second-order valence-electron chi connectivity index (χ2n) is 3.18. The molecule has 0 N–H and O–H groups in total. The predicted molar refractivity (Wildman–Crippen MR) is 58.4 cm³/mol. The molecule has 0 aliphatic heterocycles. The standard InChI is InChI=1S/C11H20NO2.V/c1-11(2)5-4-7-13-9-10-14-8-6-12-3;/h11H,6-10H2,1-3H3;/q-1;. The molecule has 0 aromatic carbocycles. The Labute approximate surface area is 105 Å². The predicted octanol–water partition coefficient (Wildman–Crippen LogP) is 1.68. The molecule has 15 heavy (non-hydrogen) atoms. The van der Waals surface area contributed by atoms with Crippen molar-refractivity contribution in [1.82, 2.24) is 0 Å². The fraction of sp³-hybridized carbons (Fsp3) is 0.818. The summed E-state index contributed by atoms with van der Waals surface area (Å²) in [7, 11) is 1.78. The van der Waals surface area contributed by atoms with Crippen LogP contribution in [0.25, 0.3) is 5.32 Å². The van der Waals surface area contributed by atoms with E-state index in [1.165, 1.54) is 0 Å². The molecule has 0 fully saturated rings. The maximum Gasteiger partial charge on any atom is 0.107 e. The maximum absolute atomic E-state index is 5.24. The zero-order valence-corrected chi connectivity index (χ0v) is 11.2. The van der Waals surface area contributed by atoms with E-state index in [4.69, 9.17) is 9.47 Å². The van der Waals surface area contributed by atoms with Gasteiger partial charge in [-0.3, -0.25) is 0 Å². The van der Waals surface area contributed by atoms with Gasteiger partial charge in [0.2, 0.25) is 0 Å². The zero-order chi connectivity index (χ0) is 10.6. The van der Waals surface area contributed by atoms with Crippen LogP contribution in [0.1, 0.15) is 13.8 Å². The number of nitrogens with zero attached hydrogens (tertiary/aromatic N) is 1. The van der Waals surface area contributed by atoms with Crippen molar-refractivity contribution in [2.75, 3.05) is 40.0 Å². The minimum atomic E-state index is 0. The van der Waals surface area contributed by atoms with Gasteiger partial charge in [-0.05, 0) is 0 Å². The molecule has 0 heterocycles. The first-order valence-corrected chi connectivity index (χ1v) is 4.97. The van der Waals surface area contributed by atoms with Crippen LogP contribution in [0.2, 0.25) is 0 Å². The van der Waals surface area contributed by atoms with Crippen LogP contribution in [0.15, 0.2) is 0 Å². The molecule has 1 radical (unpaired) electrons. The van der Waals surface area contributed by atoms with Gasteiger partial charge in [-0.1, -0.05) is 25.7 Å². The summed E-state index contributed by atoms with van der Waals surface area (Å²) in [6.07, 6.45) is 0. The molecule has 3 nitrogen and oxygen atoms in total. The minimum Gasteiger partial charge on any atom is -0.663 e. The third kappa shape index (κ3) is 16.7. The second kappa shape index (κ2) is 14.0. The SMILES string of the molecule is C[N-]CCOCCOCC#CC(C)C.[V]. The summed E-state index contributed by atoms with van der Waals surface area (Å²) in [5, 5.41) is 3.91. The molecule has 0 aromatic rings. The van der Waals surface area contributed by atoms with Crippen LogP contribution < -0.4 is 0 Å². The number of hydrogen-bond donors (Lipinski definition) is 0. The zero-order valence-electron chi connectivity index (χ0n) is 9.82. The Morgan fingerprint density at radius 3 is 2.40 bits per heavy atom. The van der Waals surface area contributed by atoms with Crippen LogP contribution in [-0.2, 0) is 28.0 Å². The molecule has 0 atom stereocenters. The van der Waals surface area contributed by atoms with Gasteiger partial charge in [0.1, 0.15) is 6.61 Å². The normalized spacial score (nSPS) is 9.33. The second-order valence-corrected chi connectivity index (χ2v) is 3.18. The summed E-state index contributed by atoms with van der Waals surface area (Å²) in [6, 6.07) is 0. The van der Waals surface area contributed by atoms with Crippen molar-refractivity contribution in [3.05, 3.63) is 5.32 Å². The smallest absolute Gasteiger partial charge is 0.107 e. The Morgan fingerprint density at radius 2 is 1.80 bits per heavy atom. The van der Waals surface area contributed by atoms with E-state index in [2.05, 4.69) is 31.0 Å². The number of hydrogen-bond acceptors (Lipinski definition) is 2. The van der Waals surface area contributed by atoms with Gasteiger partial charge in [-0.15, -0.1) is 6.54 Å². The summed E-state index contributed by atoms with van der Waals surface area (Å²) < 4.78 is 10.5. The van der Waals surface area contributed by atoms with E-state index in [1.807, 2.05) is 0 Å². The Hall–Kier alpha value is 0.0244. The minimum absolute atomic E-state index is 0. The first-order valence-electron chi connectivity index (χ1n) is 4.97. The molecule has 0 aliphatic carbocycles. The summed E-state index contributed by atoms with van der Waals surface area (Å²) in [4.78, 5) is 0. The maximum atomic E-state index is 5.24. The van der Waals surface area contributed by atoms with Crippen LogP contribution in [0.3, 0.4) is 0 Å². The first-order chi connectivity index (χ1) is 6.77. The van der Waals surface area contributed by atoms with Gasteiger partial charge >= 0.3 is 0 Å². The van der Waals surface area contributed by atoms with Crippen molar-refractivity contribution in [3.63, 3.8) is 0 Å². The summed E-state index contributed by atoms with van der Waals surface area (Å²) in [5.74, 6) is 6.38. The Bertz CT molecular complexity index is 175. The summed E-state index contributed by atoms with van der Waals surface area (Å²) >= 11 is 0. The van der Waals surface area contributed by atoms with E-state index in [9.17, 15) is 0 Å². The van der Waals surface area contributed by atoms with Crippen molar-refractivity contribution in [2.45, 2.75) is 13.8 Å². The molecule has 87 valence electrons. The van der Waals surface area contributed by atoms with E-state index in [-0.39, 0.29) is 18.6 Å². The van der Waals surface area contributed by atoms with Crippen molar-refractivity contribution < 1.29 is 28.0 Å². The van der Waals surface area contributed by atoms with Gasteiger partial charge in [0.25, 0.3) is 0 Å². The fourth-order valence-electron chi connectivity index (χ4n) is 0.745. The van der Waals surface area contributed by atoms with Gasteiger partial charge in [-0.2, -0.15) is 7.05 Å². The Balaban J connectivity index is 0. The fourth-order valence-corrected chi connectivity index (χ4v) is 0.745. The van der Waals surface area contributed by atoms with Crippen LogP contribution in [-0.4, -0.2) is 40.0 Å². The molecule has 4 heteroatoms. The number of likely N-dealkylation sites (N-methyl/N-ethyl adjacent to an activating group) is 1. The van der Waals surface area contributed by atoms with Crippen LogP contribution >= 0.6 is 0 Å². The van der Waals surface area contributed by atoms with E-state index >= 15 is 0 Å². The summed E-state index contributed by atoms with van der Waals surface area (Å²) in [5.41, 5.74) is 0. The van der Waals surface area contributed by atoms with Crippen LogP contribution in [0, 0.1) is 17.8 Å². The van der Waals surface area contributed by atoms with Crippen molar-refractivity contribution >= 4 is 0 Å². The molecule has 0 aromatic heterocycles. The molecule has 0 amide bonds. The van der Waals surface area contributed by atoms with E-state index in [1.54, 1.807) is 7.05 Å². The molecule has 0 bridgehead atoms. The molecule has 0 aliphatic rings. The van der Waals surface area contributed by atoms with Gasteiger partial charge < -0.3 is 14.8 Å². The van der Waals surface area contributed by atoms with E-state index in [0.29, 0.717) is 32.3 Å². The van der Waals surface area contributed by atoms with Crippen LogP contribution in [0.4, 0.5) is 0 Å². The first kappa shape index (κ1) is 17.4. The third-order valence-electron chi connectivity index (χ3n) is 1.40. The van der Waals surface area contributed by atoms with Gasteiger partial charge in [-0.25, -0.2) is 0 Å². The van der Waals surface area contributed by atoms with Crippen molar-refractivity contribution in [1.29, 1.82) is 0 Å². The molecule has 0 rings (SSSR count). The topological polar surface area (TPSA) is 32.6 Å². The molecule has 0 unspecified atom stereocenters. The molecule has 0 saturated heterocycles. The quantitative estimate of drug-likeness (QED) is 0.508. The monoisotopic (exact) mass is 249 g/mol. The molecular formula is C11H20NO2V-. The van der Waals surface area contributed by atoms with E-state index < -0.39 is 0 Å². The number of rotatable bonds is 7. The average molecular weight is 249 g/mol. The molecular weight excluding hydrogens is 229 g/mol. The number of ether oxygens (including phenoxy) is 2. The Morgan fingerprint density at radius 1 is 1.13 bits per heavy atom. The largest absolute Gasteiger partial charge is 0.663 e. The van der Waals surface area contributed by atoms with Crippen molar-refractivity contribution in [2.24, 2.45) is 5.92 Å². The van der Waals surface area contributed by atoms with Gasteiger partial charge in [0.15, 0.2) is 0 Å². The van der Waals surface area contributed by atoms with E-state index in [0.717, 1.165) is 6.54 Å². The average Bonchev–Trinajstić information content (AvgIpc) is 2.15. The van der Waals surface area contributed by atoms with Gasteiger partial charge in [0, 0.05) is 31.1 Å². The molecule has 0 saturated carbocycles. The summed E-state index contributed by atoms with van der Waals surface area (Å²) in [6.45, 7) is 7.29.